The van der Waals surface area contributed by atoms with Crippen molar-refractivity contribution in [3.63, 3.8) is 0 Å². The molecule has 200 valence electrons. The minimum absolute atomic E-state index is 0.0738. The number of hydrogen-bond acceptors (Lipinski definition) is 6. The number of benzene rings is 2. The van der Waals surface area contributed by atoms with Crippen molar-refractivity contribution in [1.29, 1.82) is 0 Å². The number of urea groups is 1. The Morgan fingerprint density at radius 3 is 2.51 bits per heavy atom. The van der Waals surface area contributed by atoms with E-state index in [1.807, 2.05) is 37.4 Å². The summed E-state index contributed by atoms with van der Waals surface area (Å²) in [5, 5.41) is 2.92. The molecule has 9 heteroatoms. The summed E-state index contributed by atoms with van der Waals surface area (Å²) in [5.41, 5.74) is 9.47. The summed E-state index contributed by atoms with van der Waals surface area (Å²) in [7, 11) is 0. The molecule has 3 heterocycles. The lowest BCUT2D eigenvalue weighted by molar-refractivity contribution is 0.199. The zero-order chi connectivity index (χ0) is 27.2. The number of likely N-dealkylation sites (tertiary alicyclic amines) is 1. The van der Waals surface area contributed by atoms with Gasteiger partial charge in [0, 0.05) is 55.0 Å². The second-order valence-corrected chi connectivity index (χ2v) is 9.65. The van der Waals surface area contributed by atoms with Gasteiger partial charge >= 0.3 is 6.03 Å². The zero-order valence-electron chi connectivity index (χ0n) is 21.8. The third-order valence-corrected chi connectivity index (χ3v) is 6.70. The third-order valence-electron chi connectivity index (χ3n) is 6.70. The van der Waals surface area contributed by atoms with Crippen LogP contribution in [0.5, 0.6) is 11.6 Å². The number of carbonyl (C=O) groups excluding carboxylic acids is 1. The second-order valence-electron chi connectivity index (χ2n) is 9.65. The molecule has 5 rings (SSSR count). The summed E-state index contributed by atoms with van der Waals surface area (Å²) >= 11 is 0. The molecule has 2 aromatic carbocycles. The maximum Gasteiger partial charge on any atom is 0.326 e. The largest absolute Gasteiger partial charge is 0.439 e. The number of amides is 2. The van der Waals surface area contributed by atoms with Crippen molar-refractivity contribution in [1.82, 2.24) is 14.9 Å². The van der Waals surface area contributed by atoms with Crippen LogP contribution in [-0.4, -0.2) is 40.0 Å². The molecule has 0 unspecified atom stereocenters. The molecule has 0 radical (unpaired) electrons. The molecule has 0 spiro atoms. The molecule has 0 saturated carbocycles. The Morgan fingerprint density at radius 1 is 1.05 bits per heavy atom. The summed E-state index contributed by atoms with van der Waals surface area (Å²) in [5.74, 6) is 0.816. The molecule has 2 amide bonds. The van der Waals surface area contributed by atoms with E-state index in [1.54, 1.807) is 47.5 Å². The minimum Gasteiger partial charge on any atom is -0.439 e. The molecular formula is C30H31FN6O2. The molecule has 2 aromatic heterocycles. The van der Waals surface area contributed by atoms with E-state index < -0.39 is 0 Å². The molecule has 8 nitrogen and oxygen atoms in total. The summed E-state index contributed by atoms with van der Waals surface area (Å²) in [4.78, 5) is 26.1. The Bertz CT molecular complexity index is 1390. The highest BCUT2D eigenvalue weighted by Gasteiger charge is 2.29. The number of nitrogens with zero attached hydrogens (tertiary/aromatic N) is 4. The number of pyridine rings is 2. The van der Waals surface area contributed by atoms with Crippen LogP contribution in [0.25, 0.3) is 0 Å². The highest BCUT2D eigenvalue weighted by atomic mass is 19.1. The molecule has 1 fully saturated rings. The van der Waals surface area contributed by atoms with Gasteiger partial charge in [-0.25, -0.2) is 14.2 Å². The number of aryl methyl sites for hydroxylation is 1. The van der Waals surface area contributed by atoms with Gasteiger partial charge < -0.3 is 15.8 Å². The number of nitrogens with two attached hydrogens (primary N) is 1. The Labute approximate surface area is 227 Å². The molecule has 39 heavy (non-hydrogen) atoms. The fourth-order valence-corrected chi connectivity index (χ4v) is 4.66. The van der Waals surface area contributed by atoms with E-state index in [4.69, 9.17) is 10.5 Å². The first-order valence-electron chi connectivity index (χ1n) is 12.9. The van der Waals surface area contributed by atoms with Crippen LogP contribution in [0, 0.1) is 12.7 Å². The summed E-state index contributed by atoms with van der Waals surface area (Å²) < 4.78 is 19.9. The van der Waals surface area contributed by atoms with Crippen molar-refractivity contribution in [2.45, 2.75) is 32.4 Å². The van der Waals surface area contributed by atoms with Crippen molar-refractivity contribution >= 4 is 23.1 Å². The number of carbonyl (C=O) groups is 1. The van der Waals surface area contributed by atoms with Gasteiger partial charge in [0.25, 0.3) is 0 Å². The SMILES string of the molecule is Cc1ccc(NC(=O)N(c2cccc(F)c2)C2CCN(Cc3ccc(Oc4ccc(N)cc4)nc3)CC2)cn1. The Morgan fingerprint density at radius 2 is 1.85 bits per heavy atom. The second kappa shape index (κ2) is 11.9. The number of ether oxygens (including phenoxy) is 1. The van der Waals surface area contributed by atoms with Crippen LogP contribution in [0.4, 0.5) is 26.2 Å². The minimum atomic E-state index is -0.379. The maximum atomic E-state index is 14.1. The Hall–Kier alpha value is -4.50. The molecule has 0 aliphatic carbocycles. The standard InChI is InChI=1S/C30H31FN6O2/c1-21-5-9-25(19-33-21)35-30(38)37(27-4-2-3-23(31)17-27)26-13-15-36(16-14-26)20-22-6-12-29(34-18-22)39-28-10-7-24(32)8-11-28/h2-12,17-19,26H,13-16,20,32H2,1H3,(H,35,38). The van der Waals surface area contributed by atoms with Crippen LogP contribution < -0.4 is 20.7 Å². The van der Waals surface area contributed by atoms with Gasteiger partial charge in [0.05, 0.1) is 11.9 Å². The van der Waals surface area contributed by atoms with Crippen LogP contribution in [0.15, 0.2) is 85.2 Å². The van der Waals surface area contributed by atoms with Gasteiger partial charge in [0.2, 0.25) is 5.88 Å². The highest BCUT2D eigenvalue weighted by molar-refractivity contribution is 6.02. The Kier molecular flexibility index (Phi) is 7.98. The molecule has 1 saturated heterocycles. The van der Waals surface area contributed by atoms with Gasteiger partial charge in [-0.1, -0.05) is 12.1 Å². The van der Waals surface area contributed by atoms with Crippen LogP contribution in [-0.2, 0) is 6.54 Å². The van der Waals surface area contributed by atoms with Gasteiger partial charge in [0.1, 0.15) is 11.6 Å². The smallest absolute Gasteiger partial charge is 0.326 e. The molecule has 3 N–H and O–H groups in total. The first-order valence-corrected chi connectivity index (χ1v) is 12.9. The summed E-state index contributed by atoms with van der Waals surface area (Å²) in [6.45, 7) is 4.21. The van der Waals surface area contributed by atoms with Gasteiger partial charge in [-0.3, -0.25) is 14.8 Å². The molecule has 1 aliphatic rings. The van der Waals surface area contributed by atoms with E-state index in [1.165, 1.54) is 12.1 Å². The van der Waals surface area contributed by atoms with Gasteiger partial charge in [-0.05, 0) is 79.9 Å². The monoisotopic (exact) mass is 526 g/mol. The normalized spacial score (nSPS) is 14.1. The van der Waals surface area contributed by atoms with Crippen molar-refractivity contribution in [3.05, 3.63) is 102 Å². The van der Waals surface area contributed by atoms with Crippen LogP contribution in [0.1, 0.15) is 24.1 Å². The lowest BCUT2D eigenvalue weighted by atomic mass is 10.0. The van der Waals surface area contributed by atoms with Gasteiger partial charge in [0.15, 0.2) is 0 Å². The number of nitrogen functional groups attached to an aromatic ring is 1. The number of nitrogens with one attached hydrogen (secondary N) is 1. The van der Waals surface area contributed by atoms with E-state index in [9.17, 15) is 9.18 Å². The fourth-order valence-electron chi connectivity index (χ4n) is 4.66. The van der Waals surface area contributed by atoms with Crippen LogP contribution >= 0.6 is 0 Å². The average Bonchev–Trinajstić information content (AvgIpc) is 2.93. The first-order chi connectivity index (χ1) is 18.9. The quantitative estimate of drug-likeness (QED) is 0.287. The number of rotatable bonds is 7. The lowest BCUT2D eigenvalue weighted by Gasteiger charge is -2.38. The molecule has 0 atom stereocenters. The van der Waals surface area contributed by atoms with Crippen LogP contribution in [0.2, 0.25) is 0 Å². The number of halogens is 1. The topological polar surface area (TPSA) is 96.6 Å². The number of anilines is 3. The first kappa shape index (κ1) is 26.1. The number of piperidine rings is 1. The summed E-state index contributed by atoms with van der Waals surface area (Å²) in [6, 6.07) is 20.5. The lowest BCUT2D eigenvalue weighted by Crippen LogP contribution is -2.49. The molecule has 0 bridgehead atoms. The van der Waals surface area contributed by atoms with Crippen molar-refractivity contribution in [2.24, 2.45) is 0 Å². The predicted molar refractivity (Wildman–Crippen MR) is 150 cm³/mol. The fraction of sp³-hybridized carbons (Fsp3) is 0.233. The zero-order valence-corrected chi connectivity index (χ0v) is 21.8. The maximum absolute atomic E-state index is 14.1. The van der Waals surface area contributed by atoms with E-state index >= 15 is 0 Å². The Balaban J connectivity index is 1.21. The third kappa shape index (κ3) is 6.88. The van der Waals surface area contributed by atoms with Crippen molar-refractivity contribution in [3.8, 4) is 11.6 Å². The average molecular weight is 527 g/mol. The van der Waals surface area contributed by atoms with E-state index in [0.717, 1.165) is 43.7 Å². The number of aromatic nitrogens is 2. The predicted octanol–water partition coefficient (Wildman–Crippen LogP) is 6.00. The number of hydrogen-bond donors (Lipinski definition) is 2. The van der Waals surface area contributed by atoms with Crippen LogP contribution in [0.3, 0.4) is 0 Å². The van der Waals surface area contributed by atoms with E-state index in [2.05, 4.69) is 20.2 Å². The van der Waals surface area contributed by atoms with E-state index in [0.29, 0.717) is 28.7 Å². The van der Waals surface area contributed by atoms with E-state index in [-0.39, 0.29) is 17.9 Å². The van der Waals surface area contributed by atoms with Gasteiger partial charge in [-0.15, -0.1) is 0 Å². The van der Waals surface area contributed by atoms with Crippen molar-refractivity contribution in [2.75, 3.05) is 29.0 Å². The summed E-state index contributed by atoms with van der Waals surface area (Å²) in [6.07, 6.45) is 4.95. The van der Waals surface area contributed by atoms with Gasteiger partial charge in [-0.2, -0.15) is 0 Å². The highest BCUT2D eigenvalue weighted by Crippen LogP contribution is 2.27. The molecule has 1 aliphatic heterocycles. The van der Waals surface area contributed by atoms with Crippen molar-refractivity contribution < 1.29 is 13.9 Å². The molecular weight excluding hydrogens is 495 g/mol. The molecule has 4 aromatic rings.